The molecule has 0 spiro atoms. The number of rotatable bonds is 3. The number of fused-ring (bicyclic) bond motifs is 3. The van der Waals surface area contributed by atoms with Crippen LogP contribution in [-0.2, 0) is 17.6 Å². The fourth-order valence-electron chi connectivity index (χ4n) is 4.66. The van der Waals surface area contributed by atoms with Crippen LogP contribution < -0.4 is 4.90 Å². The number of hydrogen-bond acceptors (Lipinski definition) is 4. The van der Waals surface area contributed by atoms with Crippen molar-refractivity contribution < 1.29 is 4.74 Å². The third-order valence-electron chi connectivity index (χ3n) is 6.22. The molecule has 4 aromatic rings. The third-order valence-corrected chi connectivity index (χ3v) is 6.22. The van der Waals surface area contributed by atoms with Gasteiger partial charge in [-0.05, 0) is 30.5 Å². The molecule has 0 atom stereocenters. The predicted molar refractivity (Wildman–Crippen MR) is 122 cm³/mol. The minimum absolute atomic E-state index is 0.766. The van der Waals surface area contributed by atoms with Gasteiger partial charge in [-0.1, -0.05) is 54.6 Å². The van der Waals surface area contributed by atoms with Crippen molar-refractivity contribution in [1.29, 1.82) is 0 Å². The average molecular weight is 407 g/mol. The Balaban J connectivity index is 1.51. The normalized spacial score (nSPS) is 15.4. The van der Waals surface area contributed by atoms with Crippen molar-refractivity contribution in [3.8, 4) is 33.6 Å². The van der Waals surface area contributed by atoms with Gasteiger partial charge in [0.2, 0.25) is 0 Å². The molecule has 3 heterocycles. The monoisotopic (exact) mass is 407 g/mol. The molecule has 0 amide bonds. The first-order chi connectivity index (χ1) is 15.4. The fourth-order valence-corrected chi connectivity index (χ4v) is 4.66. The van der Waals surface area contributed by atoms with Gasteiger partial charge >= 0.3 is 0 Å². The van der Waals surface area contributed by atoms with Gasteiger partial charge in [0.25, 0.3) is 0 Å². The van der Waals surface area contributed by atoms with Crippen molar-refractivity contribution in [2.75, 3.05) is 31.2 Å². The molecule has 5 nitrogen and oxygen atoms in total. The van der Waals surface area contributed by atoms with E-state index >= 15 is 0 Å². The van der Waals surface area contributed by atoms with E-state index in [-0.39, 0.29) is 0 Å². The number of aryl methyl sites for hydroxylation is 1. The number of aromatic amines is 1. The molecule has 1 N–H and O–H groups in total. The molecule has 0 unspecified atom stereocenters. The topological polar surface area (TPSA) is 54.0 Å². The SMILES string of the molecule is [c]1ccc(-c2nc3c(cc2-c2ccccc2)-c2n[nH]c(N4CCOCC4)c2CC3)cc1. The summed E-state index contributed by atoms with van der Waals surface area (Å²) in [4.78, 5) is 7.54. The first-order valence-electron chi connectivity index (χ1n) is 10.8. The molecule has 6 rings (SSSR count). The maximum atomic E-state index is 5.53. The van der Waals surface area contributed by atoms with Crippen molar-refractivity contribution in [3.63, 3.8) is 0 Å². The van der Waals surface area contributed by atoms with Crippen molar-refractivity contribution in [3.05, 3.63) is 78.0 Å². The Hall–Kier alpha value is -3.44. The lowest BCUT2D eigenvalue weighted by atomic mass is 9.89. The lowest BCUT2D eigenvalue weighted by Gasteiger charge is -2.29. The lowest BCUT2D eigenvalue weighted by Crippen LogP contribution is -2.37. The van der Waals surface area contributed by atoms with Crippen molar-refractivity contribution in [1.82, 2.24) is 15.2 Å². The minimum Gasteiger partial charge on any atom is -0.378 e. The van der Waals surface area contributed by atoms with Gasteiger partial charge in [0, 0.05) is 35.3 Å². The van der Waals surface area contributed by atoms with Crippen LogP contribution >= 0.6 is 0 Å². The summed E-state index contributed by atoms with van der Waals surface area (Å²) in [6, 6.07) is 24.0. The van der Waals surface area contributed by atoms with Crippen LogP contribution in [-0.4, -0.2) is 41.5 Å². The number of benzene rings is 2. The molecule has 1 aliphatic carbocycles. The molecule has 1 saturated heterocycles. The summed E-state index contributed by atoms with van der Waals surface area (Å²) >= 11 is 0. The summed E-state index contributed by atoms with van der Waals surface area (Å²) in [5, 5.41) is 8.08. The molecule has 31 heavy (non-hydrogen) atoms. The van der Waals surface area contributed by atoms with Gasteiger partial charge in [-0.3, -0.25) is 10.1 Å². The second-order valence-electron chi connectivity index (χ2n) is 8.03. The summed E-state index contributed by atoms with van der Waals surface area (Å²) < 4.78 is 5.53. The number of ether oxygens (including phenoxy) is 1. The highest BCUT2D eigenvalue weighted by Gasteiger charge is 2.28. The Morgan fingerprint density at radius 2 is 1.68 bits per heavy atom. The van der Waals surface area contributed by atoms with Crippen LogP contribution in [0.3, 0.4) is 0 Å². The molecule has 1 aliphatic heterocycles. The van der Waals surface area contributed by atoms with Crippen LogP contribution in [0.5, 0.6) is 0 Å². The molecule has 153 valence electrons. The van der Waals surface area contributed by atoms with E-state index in [2.05, 4.69) is 58.5 Å². The van der Waals surface area contributed by atoms with Crippen molar-refractivity contribution in [2.45, 2.75) is 12.8 Å². The average Bonchev–Trinajstić information content (AvgIpc) is 3.29. The second-order valence-corrected chi connectivity index (χ2v) is 8.03. The van der Waals surface area contributed by atoms with E-state index in [1.165, 1.54) is 5.56 Å². The molecular weight excluding hydrogens is 384 g/mol. The Morgan fingerprint density at radius 3 is 2.48 bits per heavy atom. The fraction of sp³-hybridized carbons (Fsp3) is 0.231. The number of anilines is 1. The van der Waals surface area contributed by atoms with Gasteiger partial charge in [-0.15, -0.1) is 0 Å². The molecule has 2 aromatic heterocycles. The Bertz CT molecular complexity index is 1210. The molecule has 5 heteroatoms. The summed E-state index contributed by atoms with van der Waals surface area (Å²) in [7, 11) is 0. The first-order valence-corrected chi connectivity index (χ1v) is 10.8. The first kappa shape index (κ1) is 18.3. The van der Waals surface area contributed by atoms with Gasteiger partial charge in [0.05, 0.1) is 30.3 Å². The Labute approximate surface area is 181 Å². The summed E-state index contributed by atoms with van der Waals surface area (Å²) in [5.74, 6) is 1.15. The zero-order valence-corrected chi connectivity index (χ0v) is 17.3. The van der Waals surface area contributed by atoms with E-state index in [1.807, 2.05) is 18.2 Å². The van der Waals surface area contributed by atoms with E-state index < -0.39 is 0 Å². The van der Waals surface area contributed by atoms with Gasteiger partial charge < -0.3 is 9.64 Å². The maximum Gasteiger partial charge on any atom is 0.128 e. The number of H-pyrrole nitrogens is 1. The van der Waals surface area contributed by atoms with E-state index in [4.69, 9.17) is 14.8 Å². The summed E-state index contributed by atoms with van der Waals surface area (Å²) in [6.45, 7) is 3.34. The number of aromatic nitrogens is 3. The largest absolute Gasteiger partial charge is 0.378 e. The number of hydrogen-bond donors (Lipinski definition) is 1. The van der Waals surface area contributed by atoms with Crippen molar-refractivity contribution in [2.24, 2.45) is 0 Å². The van der Waals surface area contributed by atoms with E-state index in [9.17, 15) is 0 Å². The van der Waals surface area contributed by atoms with Crippen LogP contribution in [0.15, 0.2) is 60.7 Å². The van der Waals surface area contributed by atoms with Crippen LogP contribution in [0.1, 0.15) is 11.3 Å². The summed E-state index contributed by atoms with van der Waals surface area (Å²) in [6.07, 6.45) is 1.87. The van der Waals surface area contributed by atoms with Gasteiger partial charge in [-0.2, -0.15) is 5.10 Å². The zero-order chi connectivity index (χ0) is 20.6. The second kappa shape index (κ2) is 7.67. The Kier molecular flexibility index (Phi) is 4.54. The van der Waals surface area contributed by atoms with E-state index in [0.717, 1.165) is 84.3 Å². The highest BCUT2D eigenvalue weighted by atomic mass is 16.5. The number of morpholine rings is 1. The highest BCUT2D eigenvalue weighted by Crippen LogP contribution is 2.41. The van der Waals surface area contributed by atoms with Crippen LogP contribution in [0.4, 0.5) is 5.82 Å². The van der Waals surface area contributed by atoms with Crippen molar-refractivity contribution >= 4 is 5.82 Å². The number of pyridine rings is 1. The molecule has 0 bridgehead atoms. The molecule has 2 aromatic carbocycles. The van der Waals surface area contributed by atoms with Crippen LogP contribution in [0.2, 0.25) is 0 Å². The number of nitrogens with zero attached hydrogens (tertiary/aromatic N) is 3. The highest BCUT2D eigenvalue weighted by molar-refractivity contribution is 5.86. The quantitative estimate of drug-likeness (QED) is 0.542. The molecular formula is C26H23N4O. The Morgan fingerprint density at radius 1 is 0.871 bits per heavy atom. The molecule has 1 radical (unpaired) electrons. The third kappa shape index (κ3) is 3.22. The molecule has 0 saturated carbocycles. The lowest BCUT2D eigenvalue weighted by molar-refractivity contribution is 0.122. The number of nitrogens with one attached hydrogen (secondary N) is 1. The smallest absolute Gasteiger partial charge is 0.128 e. The minimum atomic E-state index is 0.766. The van der Waals surface area contributed by atoms with Gasteiger partial charge in [-0.25, -0.2) is 0 Å². The molecule has 1 fully saturated rings. The zero-order valence-electron chi connectivity index (χ0n) is 17.3. The predicted octanol–water partition coefficient (Wildman–Crippen LogP) is 4.54. The molecule has 2 aliphatic rings. The van der Waals surface area contributed by atoms with Gasteiger partial charge in [0.15, 0.2) is 0 Å². The van der Waals surface area contributed by atoms with E-state index in [0.29, 0.717) is 0 Å². The van der Waals surface area contributed by atoms with E-state index in [1.54, 1.807) is 0 Å². The van der Waals surface area contributed by atoms with Crippen LogP contribution in [0, 0.1) is 6.07 Å². The van der Waals surface area contributed by atoms with Crippen LogP contribution in [0.25, 0.3) is 33.6 Å². The standard InChI is InChI=1S/C26H23N4O/c1-3-7-18(8-4-1)21-17-22-23(27-24(21)19-9-5-2-6-10-19)12-11-20-25(22)28-29-26(20)30-13-15-31-16-14-30/h1,3-10,17H,11-16H2,(H,28,29). The summed E-state index contributed by atoms with van der Waals surface area (Å²) in [5.41, 5.74) is 9.04. The maximum absolute atomic E-state index is 5.53. The van der Waals surface area contributed by atoms with Gasteiger partial charge in [0.1, 0.15) is 5.82 Å².